The number of aryl methyl sites for hydroxylation is 1. The van der Waals surface area contributed by atoms with E-state index in [9.17, 15) is 4.79 Å². The molecule has 148 valence electrons. The Labute approximate surface area is 166 Å². The molecular formula is C23H28N2O3. The Bertz CT molecular complexity index is 853. The lowest BCUT2D eigenvalue weighted by Crippen LogP contribution is -2.29. The first kappa shape index (κ1) is 19.0. The number of para-hydroxylation sites is 1. The molecule has 0 radical (unpaired) electrons. The minimum absolute atomic E-state index is 0.303. The van der Waals surface area contributed by atoms with Crippen LogP contribution < -0.4 is 4.74 Å². The first-order valence-corrected chi connectivity index (χ1v) is 9.93. The molecule has 0 bridgehead atoms. The highest BCUT2D eigenvalue weighted by Crippen LogP contribution is 2.45. The molecule has 5 heteroatoms. The van der Waals surface area contributed by atoms with Crippen molar-refractivity contribution in [1.82, 2.24) is 9.80 Å². The lowest BCUT2D eigenvalue weighted by Gasteiger charge is -2.28. The number of fused-ring (bicyclic) bond motifs is 1. The summed E-state index contributed by atoms with van der Waals surface area (Å²) in [5.41, 5.74) is 3.87. The molecule has 5 nitrogen and oxygen atoms in total. The Kier molecular flexibility index (Phi) is 5.38. The lowest BCUT2D eigenvalue weighted by atomic mass is 9.88. The van der Waals surface area contributed by atoms with Crippen LogP contribution in [0.5, 0.6) is 5.75 Å². The summed E-state index contributed by atoms with van der Waals surface area (Å²) >= 11 is 0. The minimum atomic E-state index is -0.949. The van der Waals surface area contributed by atoms with Crippen molar-refractivity contribution in [2.24, 2.45) is 11.8 Å². The number of ether oxygens (including phenoxy) is 1. The van der Waals surface area contributed by atoms with Crippen LogP contribution in [0, 0.1) is 18.8 Å². The molecule has 2 fully saturated rings. The van der Waals surface area contributed by atoms with Crippen molar-refractivity contribution in [3.05, 3.63) is 65.2 Å². The second-order valence-electron chi connectivity index (χ2n) is 8.15. The topological polar surface area (TPSA) is 53.0 Å². The van der Waals surface area contributed by atoms with E-state index in [1.54, 1.807) is 0 Å². The summed E-state index contributed by atoms with van der Waals surface area (Å²) in [5.74, 6) is 1.02. The van der Waals surface area contributed by atoms with Crippen molar-refractivity contribution in [2.45, 2.75) is 19.5 Å². The number of hydrogen-bond donors (Lipinski definition) is 1. The summed E-state index contributed by atoms with van der Waals surface area (Å²) in [6.45, 7) is 5.96. The third-order valence-electron chi connectivity index (χ3n) is 6.19. The van der Waals surface area contributed by atoms with E-state index in [0.717, 1.165) is 31.7 Å². The highest BCUT2D eigenvalue weighted by atomic mass is 16.5. The first-order valence-electron chi connectivity index (χ1n) is 9.93. The molecular weight excluding hydrogens is 352 g/mol. The largest absolute Gasteiger partial charge is 0.482 e. The van der Waals surface area contributed by atoms with E-state index >= 15 is 0 Å². The van der Waals surface area contributed by atoms with Crippen LogP contribution in [0.25, 0.3) is 0 Å². The third-order valence-corrected chi connectivity index (χ3v) is 6.19. The van der Waals surface area contributed by atoms with Crippen LogP contribution in [0.15, 0.2) is 48.5 Å². The van der Waals surface area contributed by atoms with Gasteiger partial charge in [0.15, 0.2) is 6.61 Å². The van der Waals surface area contributed by atoms with Crippen LogP contribution in [0.3, 0.4) is 0 Å². The number of hydrogen-bond acceptors (Lipinski definition) is 4. The predicted molar refractivity (Wildman–Crippen MR) is 108 cm³/mol. The number of aliphatic carboxylic acids is 1. The number of carbonyl (C=O) groups is 1. The minimum Gasteiger partial charge on any atom is -0.482 e. The number of likely N-dealkylation sites (tertiary alicyclic amines) is 2. The summed E-state index contributed by atoms with van der Waals surface area (Å²) in [6.07, 6.45) is 0. The molecule has 0 unspecified atom stereocenters. The zero-order valence-corrected chi connectivity index (χ0v) is 16.5. The fraction of sp³-hybridized carbons (Fsp3) is 0.435. The first-order chi connectivity index (χ1) is 13.5. The van der Waals surface area contributed by atoms with Gasteiger partial charge < -0.3 is 9.84 Å². The summed E-state index contributed by atoms with van der Waals surface area (Å²) in [6, 6.07) is 17.0. The molecule has 2 aromatic rings. The van der Waals surface area contributed by atoms with Crippen molar-refractivity contribution in [3.8, 4) is 5.75 Å². The van der Waals surface area contributed by atoms with Crippen molar-refractivity contribution in [3.63, 3.8) is 0 Å². The molecule has 2 aromatic carbocycles. The zero-order valence-electron chi connectivity index (χ0n) is 16.5. The van der Waals surface area contributed by atoms with E-state index in [1.165, 1.54) is 11.1 Å². The molecule has 2 saturated heterocycles. The third kappa shape index (κ3) is 3.77. The van der Waals surface area contributed by atoms with E-state index in [2.05, 4.69) is 48.0 Å². The molecule has 0 aromatic heterocycles. The molecule has 0 amide bonds. The maximum absolute atomic E-state index is 10.8. The van der Waals surface area contributed by atoms with Gasteiger partial charge >= 0.3 is 5.97 Å². The SMILES string of the molecule is Cc1ccccc1[C@H]1[C@@H]2CN(Cc3ccccc3OCC(=O)O)C[C@@H]2CN1C. The summed E-state index contributed by atoms with van der Waals surface area (Å²) in [5, 5.41) is 8.90. The highest BCUT2D eigenvalue weighted by molar-refractivity contribution is 5.68. The van der Waals surface area contributed by atoms with Gasteiger partial charge in [-0.05, 0) is 43.0 Å². The molecule has 3 atom stereocenters. The van der Waals surface area contributed by atoms with Gasteiger partial charge in [-0.25, -0.2) is 4.79 Å². The van der Waals surface area contributed by atoms with Gasteiger partial charge in [-0.3, -0.25) is 9.80 Å². The Hall–Kier alpha value is -2.37. The summed E-state index contributed by atoms with van der Waals surface area (Å²) in [7, 11) is 2.24. The van der Waals surface area contributed by atoms with Crippen LogP contribution in [0.2, 0.25) is 0 Å². The summed E-state index contributed by atoms with van der Waals surface area (Å²) in [4.78, 5) is 15.9. The van der Waals surface area contributed by atoms with Crippen molar-refractivity contribution >= 4 is 5.97 Å². The second-order valence-corrected chi connectivity index (χ2v) is 8.15. The quantitative estimate of drug-likeness (QED) is 0.834. The van der Waals surface area contributed by atoms with Gasteiger partial charge in [-0.15, -0.1) is 0 Å². The molecule has 28 heavy (non-hydrogen) atoms. The fourth-order valence-electron chi connectivity index (χ4n) is 5.02. The van der Waals surface area contributed by atoms with Gasteiger partial charge in [0, 0.05) is 37.8 Å². The Morgan fingerprint density at radius 1 is 1.11 bits per heavy atom. The van der Waals surface area contributed by atoms with Gasteiger partial charge in [0.05, 0.1) is 0 Å². The number of rotatable bonds is 6. The van der Waals surface area contributed by atoms with E-state index in [-0.39, 0.29) is 6.61 Å². The monoisotopic (exact) mass is 380 g/mol. The van der Waals surface area contributed by atoms with Crippen LogP contribution in [0.1, 0.15) is 22.7 Å². The van der Waals surface area contributed by atoms with Crippen LogP contribution in [0.4, 0.5) is 0 Å². The van der Waals surface area contributed by atoms with Crippen LogP contribution in [-0.4, -0.2) is 54.2 Å². The number of carboxylic acid groups (broad SMARTS) is 1. The zero-order chi connectivity index (χ0) is 19.7. The molecule has 0 spiro atoms. The van der Waals surface area contributed by atoms with E-state index in [0.29, 0.717) is 23.6 Å². The van der Waals surface area contributed by atoms with Crippen molar-refractivity contribution < 1.29 is 14.6 Å². The molecule has 2 aliphatic heterocycles. The maximum Gasteiger partial charge on any atom is 0.341 e. The van der Waals surface area contributed by atoms with Crippen LogP contribution in [-0.2, 0) is 11.3 Å². The average Bonchev–Trinajstić information content (AvgIpc) is 3.17. The molecule has 2 heterocycles. The Morgan fingerprint density at radius 2 is 1.86 bits per heavy atom. The Balaban J connectivity index is 1.48. The number of nitrogens with zero attached hydrogens (tertiary/aromatic N) is 2. The van der Waals surface area contributed by atoms with Gasteiger partial charge in [0.2, 0.25) is 0 Å². The number of benzene rings is 2. The normalized spacial score (nSPS) is 25.0. The predicted octanol–water partition coefficient (Wildman–Crippen LogP) is 3.19. The molecule has 0 aliphatic carbocycles. The van der Waals surface area contributed by atoms with Gasteiger partial charge in [-0.2, -0.15) is 0 Å². The fourth-order valence-corrected chi connectivity index (χ4v) is 5.02. The maximum atomic E-state index is 10.8. The van der Waals surface area contributed by atoms with E-state index in [4.69, 9.17) is 9.84 Å². The average molecular weight is 380 g/mol. The second kappa shape index (κ2) is 7.94. The molecule has 4 rings (SSSR count). The smallest absolute Gasteiger partial charge is 0.341 e. The van der Waals surface area contributed by atoms with Gasteiger partial charge in [0.1, 0.15) is 5.75 Å². The van der Waals surface area contributed by atoms with E-state index < -0.39 is 5.97 Å². The molecule has 0 saturated carbocycles. The lowest BCUT2D eigenvalue weighted by molar-refractivity contribution is -0.139. The summed E-state index contributed by atoms with van der Waals surface area (Å²) < 4.78 is 5.49. The van der Waals surface area contributed by atoms with Gasteiger partial charge in [0.25, 0.3) is 0 Å². The standard InChI is InChI=1S/C23H28N2O3/c1-16-7-3-5-9-19(16)23-20-14-25(13-18(20)11-24(23)2)12-17-8-4-6-10-21(17)28-15-22(26)27/h3-10,18,20,23H,11-15H2,1-2H3,(H,26,27)/t18-,20+,23-/m0/s1. The highest BCUT2D eigenvalue weighted by Gasteiger charge is 2.46. The molecule has 1 N–H and O–H groups in total. The molecule has 2 aliphatic rings. The van der Waals surface area contributed by atoms with Gasteiger partial charge in [-0.1, -0.05) is 42.5 Å². The van der Waals surface area contributed by atoms with Crippen molar-refractivity contribution in [1.29, 1.82) is 0 Å². The van der Waals surface area contributed by atoms with Crippen molar-refractivity contribution in [2.75, 3.05) is 33.3 Å². The Morgan fingerprint density at radius 3 is 2.64 bits per heavy atom. The number of carboxylic acids is 1. The van der Waals surface area contributed by atoms with E-state index in [1.807, 2.05) is 24.3 Å². The van der Waals surface area contributed by atoms with Crippen LogP contribution >= 0.6 is 0 Å².